The van der Waals surface area contributed by atoms with Gasteiger partial charge < -0.3 is 10.1 Å². The lowest BCUT2D eigenvalue weighted by atomic mass is 10.00. The number of nitrogens with zero attached hydrogens (tertiary/aromatic N) is 2. The number of hydrogen-bond acceptors (Lipinski definition) is 5. The summed E-state index contributed by atoms with van der Waals surface area (Å²) >= 11 is 1.50. The molecule has 1 saturated carbocycles. The Balaban J connectivity index is 1.52. The molecule has 2 heterocycles. The Hall–Kier alpha value is -0.680. The first-order valence-corrected chi connectivity index (χ1v) is 7.33. The summed E-state index contributed by atoms with van der Waals surface area (Å²) in [5.74, 6) is 2.33. The summed E-state index contributed by atoms with van der Waals surface area (Å²) in [7, 11) is 0. The van der Waals surface area contributed by atoms with Crippen LogP contribution >= 0.6 is 11.5 Å². The van der Waals surface area contributed by atoms with E-state index in [1.165, 1.54) is 30.8 Å². The molecule has 0 bridgehead atoms. The van der Waals surface area contributed by atoms with Gasteiger partial charge >= 0.3 is 0 Å². The molecule has 1 aliphatic carbocycles. The van der Waals surface area contributed by atoms with Gasteiger partial charge in [-0.2, -0.15) is 4.37 Å². The van der Waals surface area contributed by atoms with Gasteiger partial charge in [0.1, 0.15) is 5.82 Å². The molecule has 2 atom stereocenters. The minimum Gasteiger partial charge on any atom is -0.378 e. The van der Waals surface area contributed by atoms with Gasteiger partial charge in [-0.05, 0) is 25.7 Å². The van der Waals surface area contributed by atoms with Gasteiger partial charge in [0.15, 0.2) is 0 Å². The molecule has 0 radical (unpaired) electrons. The SMILES string of the molecule is CCC1OCCC1CNc1nc(C2CC2)ns1. The fourth-order valence-corrected chi connectivity index (χ4v) is 3.06. The second-order valence-corrected chi connectivity index (χ2v) is 5.73. The van der Waals surface area contributed by atoms with Crippen molar-refractivity contribution >= 4 is 16.7 Å². The van der Waals surface area contributed by atoms with Crippen LogP contribution in [0.15, 0.2) is 0 Å². The molecule has 1 N–H and O–H groups in total. The Kier molecular flexibility index (Phi) is 3.29. The van der Waals surface area contributed by atoms with E-state index in [-0.39, 0.29) is 0 Å². The van der Waals surface area contributed by atoms with Crippen LogP contribution in [0.3, 0.4) is 0 Å². The molecule has 1 aromatic rings. The molecule has 1 aliphatic heterocycles. The highest BCUT2D eigenvalue weighted by Crippen LogP contribution is 2.39. The molecule has 4 nitrogen and oxygen atoms in total. The van der Waals surface area contributed by atoms with Crippen LogP contribution in [0.1, 0.15) is 44.3 Å². The first kappa shape index (κ1) is 11.4. The molecule has 94 valence electrons. The summed E-state index contributed by atoms with van der Waals surface area (Å²) in [4.78, 5) is 4.54. The fraction of sp³-hybridized carbons (Fsp3) is 0.833. The van der Waals surface area contributed by atoms with Crippen LogP contribution < -0.4 is 5.32 Å². The first-order valence-electron chi connectivity index (χ1n) is 6.56. The topological polar surface area (TPSA) is 47.0 Å². The molecule has 2 unspecified atom stereocenters. The van der Waals surface area contributed by atoms with Crippen molar-refractivity contribution in [3.05, 3.63) is 5.82 Å². The first-order chi connectivity index (χ1) is 8.36. The fourth-order valence-electron chi connectivity index (χ4n) is 2.41. The maximum atomic E-state index is 5.68. The predicted octanol–water partition coefficient (Wildman–Crippen LogP) is 2.64. The van der Waals surface area contributed by atoms with E-state index >= 15 is 0 Å². The van der Waals surface area contributed by atoms with Crippen molar-refractivity contribution in [2.75, 3.05) is 18.5 Å². The highest BCUT2D eigenvalue weighted by molar-refractivity contribution is 7.09. The Morgan fingerprint density at radius 1 is 1.41 bits per heavy atom. The molecule has 2 fully saturated rings. The van der Waals surface area contributed by atoms with Gasteiger partial charge in [0.05, 0.1) is 6.10 Å². The minimum atomic E-state index is 0.429. The molecular weight excluding hydrogens is 234 g/mol. The van der Waals surface area contributed by atoms with E-state index in [1.54, 1.807) is 0 Å². The van der Waals surface area contributed by atoms with E-state index < -0.39 is 0 Å². The Morgan fingerprint density at radius 3 is 3.06 bits per heavy atom. The van der Waals surface area contributed by atoms with Crippen LogP contribution in [0.25, 0.3) is 0 Å². The molecule has 0 spiro atoms. The van der Waals surface area contributed by atoms with Crippen LogP contribution in [0.5, 0.6) is 0 Å². The number of anilines is 1. The molecule has 5 heteroatoms. The normalized spacial score (nSPS) is 28.5. The van der Waals surface area contributed by atoms with Gasteiger partial charge in [-0.3, -0.25) is 0 Å². The van der Waals surface area contributed by atoms with Crippen LogP contribution in [0, 0.1) is 5.92 Å². The highest BCUT2D eigenvalue weighted by Gasteiger charge is 2.29. The minimum absolute atomic E-state index is 0.429. The number of hydrogen-bond donors (Lipinski definition) is 1. The van der Waals surface area contributed by atoms with Gasteiger partial charge in [0.2, 0.25) is 5.13 Å². The third-order valence-electron chi connectivity index (χ3n) is 3.65. The molecule has 3 rings (SSSR count). The van der Waals surface area contributed by atoms with Crippen LogP contribution in [0.2, 0.25) is 0 Å². The predicted molar refractivity (Wildman–Crippen MR) is 68.5 cm³/mol. The summed E-state index contributed by atoms with van der Waals surface area (Å²) in [5, 5.41) is 4.40. The van der Waals surface area contributed by atoms with Gasteiger partial charge in [-0.15, -0.1) is 0 Å². The summed E-state index contributed by atoms with van der Waals surface area (Å²) in [6.07, 6.45) is 5.24. The quantitative estimate of drug-likeness (QED) is 0.876. The zero-order valence-electron chi connectivity index (χ0n) is 10.2. The van der Waals surface area contributed by atoms with E-state index in [0.29, 0.717) is 17.9 Å². The largest absolute Gasteiger partial charge is 0.378 e. The van der Waals surface area contributed by atoms with Crippen LogP contribution in [0.4, 0.5) is 5.13 Å². The van der Waals surface area contributed by atoms with Crippen molar-refractivity contribution in [3.63, 3.8) is 0 Å². The van der Waals surface area contributed by atoms with E-state index in [1.807, 2.05) is 0 Å². The maximum Gasteiger partial charge on any atom is 0.202 e. The van der Waals surface area contributed by atoms with E-state index in [4.69, 9.17) is 4.74 Å². The summed E-state index contributed by atoms with van der Waals surface area (Å²) in [6, 6.07) is 0. The zero-order chi connectivity index (χ0) is 11.7. The number of rotatable bonds is 5. The van der Waals surface area contributed by atoms with Crippen molar-refractivity contribution in [3.8, 4) is 0 Å². The zero-order valence-corrected chi connectivity index (χ0v) is 11.0. The number of ether oxygens (including phenoxy) is 1. The van der Waals surface area contributed by atoms with E-state index in [2.05, 4.69) is 21.6 Å². The molecule has 1 aromatic heterocycles. The number of nitrogens with one attached hydrogen (secondary N) is 1. The molecule has 2 aliphatic rings. The second-order valence-electron chi connectivity index (χ2n) is 4.98. The van der Waals surface area contributed by atoms with Crippen LogP contribution in [-0.2, 0) is 4.74 Å². The van der Waals surface area contributed by atoms with Crippen LogP contribution in [-0.4, -0.2) is 28.6 Å². The average molecular weight is 253 g/mol. The molecule has 0 amide bonds. The summed E-state index contributed by atoms with van der Waals surface area (Å²) in [5.41, 5.74) is 0. The van der Waals surface area contributed by atoms with Crippen molar-refractivity contribution in [1.29, 1.82) is 0 Å². The third-order valence-corrected chi connectivity index (χ3v) is 4.34. The lowest BCUT2D eigenvalue weighted by Crippen LogP contribution is -2.22. The Morgan fingerprint density at radius 2 is 2.29 bits per heavy atom. The van der Waals surface area contributed by atoms with Gasteiger partial charge in [-0.1, -0.05) is 6.92 Å². The molecule has 1 saturated heterocycles. The average Bonchev–Trinajstić information content (AvgIpc) is 2.93. The van der Waals surface area contributed by atoms with Crippen molar-refractivity contribution in [1.82, 2.24) is 9.36 Å². The Labute approximate surface area is 106 Å². The van der Waals surface area contributed by atoms with E-state index in [9.17, 15) is 0 Å². The summed E-state index contributed by atoms with van der Waals surface area (Å²) in [6.45, 7) is 4.07. The van der Waals surface area contributed by atoms with Gasteiger partial charge in [0, 0.05) is 36.5 Å². The summed E-state index contributed by atoms with van der Waals surface area (Å²) < 4.78 is 10.1. The maximum absolute atomic E-state index is 5.68. The third kappa shape index (κ3) is 2.60. The monoisotopic (exact) mass is 253 g/mol. The van der Waals surface area contributed by atoms with Gasteiger partial charge in [0.25, 0.3) is 0 Å². The second kappa shape index (κ2) is 4.90. The number of aromatic nitrogens is 2. The molecule has 0 aromatic carbocycles. The lowest BCUT2D eigenvalue weighted by molar-refractivity contribution is 0.0900. The highest BCUT2D eigenvalue weighted by atomic mass is 32.1. The standard InChI is InChI=1S/C12H19N3OS/c1-2-10-9(5-6-16-10)7-13-12-14-11(15-17-12)8-3-4-8/h8-10H,2-7H2,1H3,(H,13,14,15). The van der Waals surface area contributed by atoms with Gasteiger partial charge in [-0.25, -0.2) is 4.98 Å². The van der Waals surface area contributed by atoms with Crippen molar-refractivity contribution in [2.45, 2.75) is 44.6 Å². The smallest absolute Gasteiger partial charge is 0.202 e. The molecular formula is C12H19N3OS. The van der Waals surface area contributed by atoms with Crippen molar-refractivity contribution in [2.24, 2.45) is 5.92 Å². The van der Waals surface area contributed by atoms with E-state index in [0.717, 1.165) is 30.5 Å². The lowest BCUT2D eigenvalue weighted by Gasteiger charge is -2.16. The Bertz CT molecular complexity index is 378. The van der Waals surface area contributed by atoms with Crippen molar-refractivity contribution < 1.29 is 4.74 Å². The molecule has 17 heavy (non-hydrogen) atoms.